The number of halogens is 3. The van der Waals surface area contributed by atoms with Gasteiger partial charge < -0.3 is 15.8 Å². The minimum atomic E-state index is -4.38. The Morgan fingerprint density at radius 1 is 1.30 bits per heavy atom. The van der Waals surface area contributed by atoms with Crippen LogP contribution in [0.4, 0.5) is 24.5 Å². The van der Waals surface area contributed by atoms with Crippen LogP contribution in [0.1, 0.15) is 10.4 Å². The third-order valence-corrected chi connectivity index (χ3v) is 3.68. The van der Waals surface area contributed by atoms with E-state index in [0.29, 0.717) is 18.0 Å². The van der Waals surface area contributed by atoms with Crippen molar-refractivity contribution in [3.63, 3.8) is 0 Å². The molecule has 3 N–H and O–H groups in total. The first-order chi connectivity index (χ1) is 9.41. The first-order valence-electron chi connectivity index (χ1n) is 5.72. The lowest BCUT2D eigenvalue weighted by molar-refractivity contribution is -0.137. The van der Waals surface area contributed by atoms with Crippen molar-refractivity contribution in [2.24, 2.45) is 0 Å². The Labute approximate surface area is 118 Å². The number of nitrogens with two attached hydrogens (primary N) is 1. The number of thiophene rings is 1. The third kappa shape index (κ3) is 3.16. The fraction of sp³-hybridized carbons (Fsp3) is 0.231. The number of methoxy groups -OCH3 is 1. The summed E-state index contributed by atoms with van der Waals surface area (Å²) < 4.78 is 43.1. The molecule has 0 aliphatic carbocycles. The summed E-state index contributed by atoms with van der Waals surface area (Å²) >= 11 is 1.44. The van der Waals surface area contributed by atoms with Crippen molar-refractivity contribution < 1.29 is 17.9 Å². The number of benzene rings is 1. The van der Waals surface area contributed by atoms with Gasteiger partial charge in [0.2, 0.25) is 0 Å². The van der Waals surface area contributed by atoms with Crippen LogP contribution in [-0.4, -0.2) is 7.11 Å². The molecule has 0 aliphatic rings. The first-order valence-corrected chi connectivity index (χ1v) is 6.60. The van der Waals surface area contributed by atoms with Crippen molar-refractivity contribution in [3.8, 4) is 5.75 Å². The highest BCUT2D eigenvalue weighted by molar-refractivity contribution is 7.10. The van der Waals surface area contributed by atoms with Gasteiger partial charge in [-0.25, -0.2) is 0 Å². The highest BCUT2D eigenvalue weighted by Gasteiger charge is 2.31. The van der Waals surface area contributed by atoms with Crippen LogP contribution in [0.5, 0.6) is 5.75 Å². The summed E-state index contributed by atoms with van der Waals surface area (Å²) in [5, 5.41) is 4.75. The molecule has 0 unspecified atom stereocenters. The maximum absolute atomic E-state index is 12.7. The van der Waals surface area contributed by atoms with Gasteiger partial charge in [-0.1, -0.05) is 0 Å². The van der Waals surface area contributed by atoms with Crippen molar-refractivity contribution >= 4 is 22.7 Å². The van der Waals surface area contributed by atoms with Crippen LogP contribution in [-0.2, 0) is 12.7 Å². The molecule has 0 radical (unpaired) electrons. The molecule has 2 aromatic rings. The Morgan fingerprint density at radius 2 is 2.05 bits per heavy atom. The van der Waals surface area contributed by atoms with Gasteiger partial charge in [0.25, 0.3) is 0 Å². The molecule has 1 aromatic carbocycles. The van der Waals surface area contributed by atoms with E-state index in [2.05, 4.69) is 5.32 Å². The lowest BCUT2D eigenvalue weighted by atomic mass is 10.1. The average molecular weight is 302 g/mol. The molecule has 1 aromatic heterocycles. The molecule has 0 spiro atoms. The maximum atomic E-state index is 12.7. The zero-order chi connectivity index (χ0) is 14.8. The molecule has 0 bridgehead atoms. The molecule has 0 aliphatic heterocycles. The van der Waals surface area contributed by atoms with Gasteiger partial charge in [-0.05, 0) is 29.6 Å². The predicted octanol–water partition coefficient (Wildman–Crippen LogP) is 3.97. The van der Waals surface area contributed by atoms with Crippen LogP contribution in [0.2, 0.25) is 0 Å². The molecule has 3 nitrogen and oxygen atoms in total. The Kier molecular flexibility index (Phi) is 4.08. The summed E-state index contributed by atoms with van der Waals surface area (Å²) in [6, 6.07) is 5.07. The van der Waals surface area contributed by atoms with Gasteiger partial charge >= 0.3 is 6.18 Å². The molecule has 0 atom stereocenters. The lowest BCUT2D eigenvalue weighted by Crippen LogP contribution is -2.07. The van der Waals surface area contributed by atoms with Crippen molar-refractivity contribution in [2.75, 3.05) is 18.2 Å². The molecule has 7 heteroatoms. The molecular formula is C13H13F3N2OS. The topological polar surface area (TPSA) is 47.3 Å². The van der Waals surface area contributed by atoms with Crippen LogP contribution >= 0.6 is 11.3 Å². The normalized spacial score (nSPS) is 11.4. The largest absolute Gasteiger partial charge is 0.495 e. The van der Waals surface area contributed by atoms with Gasteiger partial charge in [0.1, 0.15) is 5.75 Å². The van der Waals surface area contributed by atoms with E-state index in [1.807, 2.05) is 5.38 Å². The summed E-state index contributed by atoms with van der Waals surface area (Å²) in [7, 11) is 1.41. The highest BCUT2D eigenvalue weighted by Crippen LogP contribution is 2.35. The molecule has 0 saturated carbocycles. The molecule has 2 rings (SSSR count). The highest BCUT2D eigenvalue weighted by atomic mass is 32.1. The van der Waals surface area contributed by atoms with Gasteiger partial charge in [-0.2, -0.15) is 13.2 Å². The molecule has 0 fully saturated rings. The number of nitrogens with one attached hydrogen (secondary N) is 1. The Morgan fingerprint density at radius 3 is 2.60 bits per heavy atom. The van der Waals surface area contributed by atoms with Gasteiger partial charge in [0, 0.05) is 10.6 Å². The zero-order valence-electron chi connectivity index (χ0n) is 10.6. The van der Waals surface area contributed by atoms with E-state index in [-0.39, 0.29) is 5.69 Å². The Balaban J connectivity index is 2.23. The summed E-state index contributed by atoms with van der Waals surface area (Å²) in [6.07, 6.45) is -4.38. The van der Waals surface area contributed by atoms with Crippen LogP contribution in [0.15, 0.2) is 29.6 Å². The number of anilines is 2. The zero-order valence-corrected chi connectivity index (χ0v) is 11.4. The molecular weight excluding hydrogens is 289 g/mol. The van der Waals surface area contributed by atoms with E-state index >= 15 is 0 Å². The number of hydrogen-bond donors (Lipinski definition) is 2. The van der Waals surface area contributed by atoms with Gasteiger partial charge in [0.15, 0.2) is 0 Å². The van der Waals surface area contributed by atoms with E-state index in [1.54, 1.807) is 6.07 Å². The second-order valence-corrected chi connectivity index (χ2v) is 5.07. The van der Waals surface area contributed by atoms with Crippen molar-refractivity contribution in [1.29, 1.82) is 0 Å². The van der Waals surface area contributed by atoms with E-state index in [1.165, 1.54) is 24.5 Å². The molecule has 108 valence electrons. The minimum Gasteiger partial charge on any atom is -0.495 e. The number of alkyl halides is 3. The SMILES string of the molecule is COc1ccc(C(F)(F)F)cc1NCc1sccc1N. The molecule has 0 saturated heterocycles. The van der Waals surface area contributed by atoms with E-state index in [4.69, 9.17) is 10.5 Å². The minimum absolute atomic E-state index is 0.287. The van der Waals surface area contributed by atoms with Crippen LogP contribution in [0.25, 0.3) is 0 Å². The Bertz CT molecular complexity index is 596. The fourth-order valence-corrected chi connectivity index (χ4v) is 2.43. The van der Waals surface area contributed by atoms with Crippen LogP contribution in [0, 0.1) is 0 Å². The second kappa shape index (κ2) is 5.62. The van der Waals surface area contributed by atoms with Crippen molar-refractivity contribution in [3.05, 3.63) is 40.1 Å². The summed E-state index contributed by atoms with van der Waals surface area (Å²) in [5.74, 6) is 0.355. The van der Waals surface area contributed by atoms with Crippen LogP contribution < -0.4 is 15.8 Å². The molecule has 20 heavy (non-hydrogen) atoms. The smallest absolute Gasteiger partial charge is 0.416 e. The van der Waals surface area contributed by atoms with Gasteiger partial charge in [0.05, 0.1) is 24.9 Å². The summed E-state index contributed by atoms with van der Waals surface area (Å²) in [4.78, 5) is 0.865. The number of rotatable bonds is 4. The standard InChI is InChI=1S/C13H13F3N2OS/c1-19-11-3-2-8(13(14,15)16)6-10(11)18-7-12-9(17)4-5-20-12/h2-6,18H,7,17H2,1H3. The van der Waals surface area contributed by atoms with Gasteiger partial charge in [-0.3, -0.25) is 0 Å². The van der Waals surface area contributed by atoms with Gasteiger partial charge in [-0.15, -0.1) is 11.3 Å². The lowest BCUT2D eigenvalue weighted by Gasteiger charge is -2.14. The van der Waals surface area contributed by atoms with E-state index in [9.17, 15) is 13.2 Å². The summed E-state index contributed by atoms with van der Waals surface area (Å²) in [5.41, 5.74) is 5.92. The molecule has 0 amide bonds. The fourth-order valence-electron chi connectivity index (χ4n) is 1.69. The van der Waals surface area contributed by atoms with E-state index < -0.39 is 11.7 Å². The Hall–Kier alpha value is -1.89. The van der Waals surface area contributed by atoms with Crippen molar-refractivity contribution in [2.45, 2.75) is 12.7 Å². The first kappa shape index (κ1) is 14.5. The second-order valence-electron chi connectivity index (χ2n) is 4.07. The predicted molar refractivity (Wildman–Crippen MR) is 74.1 cm³/mol. The number of nitrogen functional groups attached to an aromatic ring is 1. The number of hydrogen-bond acceptors (Lipinski definition) is 4. The molecule has 1 heterocycles. The summed E-state index contributed by atoms with van der Waals surface area (Å²) in [6.45, 7) is 0.348. The quantitative estimate of drug-likeness (QED) is 0.898. The van der Waals surface area contributed by atoms with E-state index in [0.717, 1.165) is 17.0 Å². The monoisotopic (exact) mass is 302 g/mol. The third-order valence-electron chi connectivity index (χ3n) is 2.75. The van der Waals surface area contributed by atoms with Crippen molar-refractivity contribution in [1.82, 2.24) is 0 Å². The average Bonchev–Trinajstić information content (AvgIpc) is 2.80. The maximum Gasteiger partial charge on any atom is 0.416 e. The van der Waals surface area contributed by atoms with Crippen LogP contribution in [0.3, 0.4) is 0 Å². The number of ether oxygens (including phenoxy) is 1.